The van der Waals surface area contributed by atoms with Gasteiger partial charge in [0.05, 0.1) is 34.2 Å². The Labute approximate surface area is 405 Å². The highest BCUT2D eigenvalue weighted by atomic mass is 16.2. The van der Waals surface area contributed by atoms with Crippen LogP contribution in [-0.2, 0) is 40.3 Å². The molecule has 2 N–H and O–H groups in total. The van der Waals surface area contributed by atoms with Crippen molar-refractivity contribution < 1.29 is 4.79 Å². The minimum Gasteiger partial charge on any atom is -0.339 e. The molecule has 0 bridgehead atoms. The van der Waals surface area contributed by atoms with Gasteiger partial charge in [-0.1, -0.05) is 12.1 Å². The number of aromatic nitrogens is 12. The van der Waals surface area contributed by atoms with Gasteiger partial charge < -0.3 is 29.6 Å². The Bertz CT molecular complexity index is 3010. The summed E-state index contributed by atoms with van der Waals surface area (Å²) in [5.74, 6) is 1.47. The molecular weight excluding hydrogens is 881 g/mol. The van der Waals surface area contributed by atoms with E-state index in [-0.39, 0.29) is 18.4 Å². The lowest BCUT2D eigenvalue weighted by atomic mass is 10.0. The Hall–Kier alpha value is -7.45. The Balaban J connectivity index is 0.742. The average Bonchev–Trinajstić information content (AvgIpc) is 4.22. The summed E-state index contributed by atoms with van der Waals surface area (Å²) in [7, 11) is 8.15. The van der Waals surface area contributed by atoms with Gasteiger partial charge in [0.25, 0.3) is 0 Å². The second kappa shape index (κ2) is 17.5. The van der Waals surface area contributed by atoms with E-state index in [1.165, 1.54) is 0 Å². The van der Waals surface area contributed by atoms with E-state index in [2.05, 4.69) is 65.6 Å². The van der Waals surface area contributed by atoms with Crippen molar-refractivity contribution >= 4 is 6.03 Å². The molecule has 19 heteroatoms. The number of amides is 2. The minimum absolute atomic E-state index is 0.0814. The summed E-state index contributed by atoms with van der Waals surface area (Å²) in [6, 6.07) is 20.2. The van der Waals surface area contributed by atoms with Crippen molar-refractivity contribution in [1.29, 1.82) is 0 Å². The zero-order chi connectivity index (χ0) is 47.8. The lowest BCUT2D eigenvalue weighted by Crippen LogP contribution is -2.67. The third-order valence-electron chi connectivity index (χ3n) is 14.2. The van der Waals surface area contributed by atoms with Gasteiger partial charge in [-0.25, -0.2) is 14.8 Å². The number of imidazole rings is 2. The quantitative estimate of drug-likeness (QED) is 0.198. The van der Waals surface area contributed by atoms with Crippen molar-refractivity contribution in [3.63, 3.8) is 0 Å². The van der Waals surface area contributed by atoms with E-state index in [1.54, 1.807) is 0 Å². The van der Waals surface area contributed by atoms with Crippen LogP contribution in [0.2, 0.25) is 0 Å². The first-order valence-corrected chi connectivity index (χ1v) is 23.9. The van der Waals surface area contributed by atoms with E-state index in [9.17, 15) is 0 Å². The van der Waals surface area contributed by atoms with Crippen LogP contribution in [0.1, 0.15) is 34.2 Å². The van der Waals surface area contributed by atoms with Crippen LogP contribution in [0.25, 0.3) is 68.1 Å². The number of likely N-dealkylation sites (N-methyl/N-ethyl adjacent to an activating group) is 2. The van der Waals surface area contributed by atoms with Gasteiger partial charge >= 0.3 is 6.03 Å². The zero-order valence-electron chi connectivity index (χ0n) is 40.4. The highest BCUT2D eigenvalue weighted by Crippen LogP contribution is 2.36. The number of hydrogen-bond donors (Lipinski definition) is 2. The molecule has 0 radical (unpaired) electrons. The fourth-order valence-corrected chi connectivity index (χ4v) is 10.6. The number of pyridine rings is 4. The second-order valence-electron chi connectivity index (χ2n) is 19.3. The van der Waals surface area contributed by atoms with Crippen molar-refractivity contribution in [3.05, 3.63) is 120 Å². The summed E-state index contributed by atoms with van der Waals surface area (Å²) in [4.78, 5) is 65.2. The molecule has 0 aliphatic carbocycles. The number of urea groups is 1. The molecule has 0 spiro atoms. The molecule has 12 heterocycles. The van der Waals surface area contributed by atoms with Gasteiger partial charge in [0.1, 0.15) is 35.1 Å². The summed E-state index contributed by atoms with van der Waals surface area (Å²) in [5.41, 5.74) is 14.7. The first kappa shape index (κ1) is 43.8. The van der Waals surface area contributed by atoms with Crippen molar-refractivity contribution in [3.8, 4) is 68.1 Å². The maximum atomic E-state index is 15.0. The molecular formula is C51H56N18O. The Morgan fingerprint density at radius 3 is 1.44 bits per heavy atom. The molecule has 0 saturated carbocycles. The molecule has 2 amide bonds. The van der Waals surface area contributed by atoms with E-state index >= 15 is 4.79 Å². The smallest absolute Gasteiger partial charge is 0.322 e. The van der Waals surface area contributed by atoms with Crippen LogP contribution in [-0.4, -0.2) is 161 Å². The number of fused-ring (bicyclic) bond motifs is 2. The van der Waals surface area contributed by atoms with E-state index in [1.807, 2.05) is 111 Å². The predicted molar refractivity (Wildman–Crippen MR) is 264 cm³/mol. The van der Waals surface area contributed by atoms with Crippen LogP contribution in [0.5, 0.6) is 0 Å². The van der Waals surface area contributed by atoms with Crippen LogP contribution in [0.3, 0.4) is 0 Å². The van der Waals surface area contributed by atoms with Crippen LogP contribution < -0.4 is 0 Å². The molecule has 8 aromatic heterocycles. The van der Waals surface area contributed by atoms with E-state index in [0.717, 1.165) is 128 Å². The molecule has 2 atom stereocenters. The lowest BCUT2D eigenvalue weighted by Gasteiger charge is -2.50. The number of piperazine rings is 2. The largest absolute Gasteiger partial charge is 0.339 e. The van der Waals surface area contributed by atoms with Gasteiger partial charge in [0.2, 0.25) is 0 Å². The highest BCUT2D eigenvalue weighted by Gasteiger charge is 2.43. The number of H-pyrrole nitrogens is 2. The zero-order valence-corrected chi connectivity index (χ0v) is 40.4. The highest BCUT2D eigenvalue weighted by molar-refractivity contribution is 5.81. The SMILES string of the molecule is Cc1cccc(-c2nn(C)cc2-c2ccnc(-c3nc4c([nH]3)CN(C3CN(C)CCN3C(=O)N3CCN(C)CC3N3Cc5nc(-c6cc(-c7cn(C)nc7-c7cccc(C)n7)ccn6)[nH]c5C3)C4)c2)n1. The first-order chi connectivity index (χ1) is 34.0. The Morgan fingerprint density at radius 1 is 0.557 bits per heavy atom. The summed E-state index contributed by atoms with van der Waals surface area (Å²) in [5, 5.41) is 9.54. The van der Waals surface area contributed by atoms with Crippen molar-refractivity contribution in [1.82, 2.24) is 88.8 Å². The summed E-state index contributed by atoms with van der Waals surface area (Å²) >= 11 is 0. The predicted octanol–water partition coefficient (Wildman–Crippen LogP) is 5.40. The van der Waals surface area contributed by atoms with Crippen LogP contribution in [0.15, 0.2) is 85.5 Å². The van der Waals surface area contributed by atoms with Crippen LogP contribution in [0.4, 0.5) is 4.79 Å². The van der Waals surface area contributed by atoms with Gasteiger partial charge in [-0.15, -0.1) is 0 Å². The number of nitrogens with zero attached hydrogens (tertiary/aromatic N) is 16. The van der Waals surface area contributed by atoms with E-state index in [4.69, 9.17) is 40.1 Å². The van der Waals surface area contributed by atoms with Crippen molar-refractivity contribution in [2.45, 2.75) is 52.4 Å². The van der Waals surface area contributed by atoms with E-state index < -0.39 is 0 Å². The number of nitrogens with one attached hydrogen (secondary N) is 2. The number of hydrogen-bond acceptors (Lipinski definition) is 13. The maximum absolute atomic E-state index is 15.0. The number of carbonyl (C=O) groups excluding carboxylic acids is 1. The molecule has 2 saturated heterocycles. The average molecular weight is 937 g/mol. The number of rotatable bonds is 8. The molecule has 2 fully saturated rings. The first-order valence-electron chi connectivity index (χ1n) is 23.9. The second-order valence-corrected chi connectivity index (χ2v) is 19.3. The number of carbonyl (C=O) groups is 1. The third-order valence-corrected chi connectivity index (χ3v) is 14.2. The molecule has 70 heavy (non-hydrogen) atoms. The molecule has 19 nitrogen and oxygen atoms in total. The Morgan fingerprint density at radius 2 is 1.01 bits per heavy atom. The van der Waals surface area contributed by atoms with Crippen LogP contribution in [0, 0.1) is 13.8 Å². The van der Waals surface area contributed by atoms with Crippen molar-refractivity contribution in [2.24, 2.45) is 14.1 Å². The van der Waals surface area contributed by atoms with Crippen molar-refractivity contribution in [2.75, 3.05) is 53.4 Å². The molecule has 2 unspecified atom stereocenters. The van der Waals surface area contributed by atoms with Gasteiger partial charge in [-0.2, -0.15) is 10.2 Å². The van der Waals surface area contributed by atoms with Gasteiger partial charge in [0.15, 0.2) is 11.6 Å². The van der Waals surface area contributed by atoms with Gasteiger partial charge in [-0.05, 0) is 87.6 Å². The van der Waals surface area contributed by atoms with Crippen LogP contribution >= 0.6 is 0 Å². The minimum atomic E-state index is -0.118. The van der Waals surface area contributed by atoms with Gasteiger partial charge in [0, 0.05) is 127 Å². The fraction of sp³-hybridized carbons (Fsp3) is 0.353. The monoisotopic (exact) mass is 936 g/mol. The summed E-state index contributed by atoms with van der Waals surface area (Å²) in [6.07, 6.45) is 7.47. The third kappa shape index (κ3) is 8.13. The standard InChI is InChI=1S/C51H56N18O/c1-31-9-7-11-37(54-31)47-35(23-64(5)60-47)33-13-15-52-39(21-33)49-56-41-25-66(26-42(41)57-49)45-29-62(3)17-19-68(45)51(70)69-20-18-63(4)30-46(69)67-27-43-44(28-67)59-50(58-43)40-22-34(14-16-53-40)36-24-65(6)61-48(36)38-12-8-10-32(2)55-38/h7-16,21-24,45-46H,17-20,25-30H2,1-6H3,(H,56,57)(H,58,59). The number of aromatic amines is 2. The molecule has 8 aromatic rings. The maximum Gasteiger partial charge on any atom is 0.322 e. The molecule has 4 aliphatic rings. The molecule has 4 aliphatic heterocycles. The van der Waals surface area contributed by atoms with E-state index in [0.29, 0.717) is 39.3 Å². The normalized spacial score (nSPS) is 19.1. The summed E-state index contributed by atoms with van der Waals surface area (Å²) < 4.78 is 3.65. The molecule has 0 aromatic carbocycles. The molecule has 356 valence electrons. The number of aryl methyl sites for hydroxylation is 4. The Kier molecular flexibility index (Phi) is 11.0. The lowest BCUT2D eigenvalue weighted by molar-refractivity contribution is -0.0377. The molecule has 12 rings (SSSR count). The van der Waals surface area contributed by atoms with Gasteiger partial charge in [-0.3, -0.25) is 39.1 Å². The fourth-order valence-electron chi connectivity index (χ4n) is 10.6. The summed E-state index contributed by atoms with van der Waals surface area (Å²) in [6.45, 7) is 10.9. The topological polar surface area (TPSA) is 181 Å².